The number of urea groups is 1. The van der Waals surface area contributed by atoms with Crippen molar-refractivity contribution in [2.45, 2.75) is 40.4 Å². The summed E-state index contributed by atoms with van der Waals surface area (Å²) in [6.07, 6.45) is 1.96. The number of nitrogens with one attached hydrogen (secondary N) is 1. The first-order valence-electron chi connectivity index (χ1n) is 13.6. The monoisotopic (exact) mass is 540 g/mol. The van der Waals surface area contributed by atoms with Crippen LogP contribution in [0.4, 0.5) is 14.9 Å². The van der Waals surface area contributed by atoms with Crippen molar-refractivity contribution in [3.05, 3.63) is 125 Å². The van der Waals surface area contributed by atoms with E-state index in [9.17, 15) is 14.0 Å². The normalized spacial score (nSPS) is 10.9. The zero-order valence-electron chi connectivity index (χ0n) is 23.4. The van der Waals surface area contributed by atoms with E-state index in [1.807, 2.05) is 93.7 Å². The number of para-hydroxylation sites is 1. The Bertz CT molecular complexity index is 1400. The number of rotatable bonds is 11. The van der Waals surface area contributed by atoms with E-state index in [0.717, 1.165) is 28.1 Å². The van der Waals surface area contributed by atoms with Crippen LogP contribution in [0.15, 0.2) is 97.2 Å². The Morgan fingerprint density at radius 1 is 0.825 bits per heavy atom. The number of nitrogens with zero attached hydrogens (tertiary/aromatic N) is 3. The summed E-state index contributed by atoms with van der Waals surface area (Å²) in [6, 6.07) is 27.5. The minimum atomic E-state index is -0.296. The van der Waals surface area contributed by atoms with Crippen molar-refractivity contribution in [3.8, 4) is 0 Å². The summed E-state index contributed by atoms with van der Waals surface area (Å²) in [4.78, 5) is 30.6. The number of anilines is 1. The smallest absolute Gasteiger partial charge is 0.322 e. The molecule has 3 aromatic carbocycles. The zero-order valence-corrected chi connectivity index (χ0v) is 23.4. The lowest BCUT2D eigenvalue weighted by molar-refractivity contribution is -0.133. The van der Waals surface area contributed by atoms with E-state index in [-0.39, 0.29) is 30.2 Å². The summed E-state index contributed by atoms with van der Waals surface area (Å²) < 4.78 is 15.5. The van der Waals surface area contributed by atoms with Gasteiger partial charge in [0.15, 0.2) is 0 Å². The summed E-state index contributed by atoms with van der Waals surface area (Å²) in [5.74, 6) is -0.224. The molecule has 6 nitrogen and oxygen atoms in total. The predicted molar refractivity (Wildman–Crippen MR) is 157 cm³/mol. The van der Waals surface area contributed by atoms with Crippen LogP contribution < -0.4 is 5.32 Å². The van der Waals surface area contributed by atoms with Crippen LogP contribution in [0, 0.1) is 18.7 Å². The second kappa shape index (κ2) is 13.6. The van der Waals surface area contributed by atoms with Gasteiger partial charge in [0, 0.05) is 37.2 Å². The van der Waals surface area contributed by atoms with Crippen molar-refractivity contribution in [1.82, 2.24) is 14.4 Å². The molecule has 0 aliphatic heterocycles. The lowest BCUT2D eigenvalue weighted by Crippen LogP contribution is -2.45. The SMILES string of the molecule is Cc1ccccc1NC(=O)N(CC(=O)N(Cc1ccccc1)Cc1cccn1Cc1ccc(F)cc1)CC(C)C. The molecule has 0 fully saturated rings. The summed E-state index contributed by atoms with van der Waals surface area (Å²) >= 11 is 0. The van der Waals surface area contributed by atoms with Gasteiger partial charge in [-0.25, -0.2) is 9.18 Å². The van der Waals surface area contributed by atoms with E-state index in [2.05, 4.69) is 9.88 Å². The molecule has 0 unspecified atom stereocenters. The molecule has 1 heterocycles. The molecule has 7 heteroatoms. The Kier molecular flexibility index (Phi) is 9.73. The standard InChI is InChI=1S/C33H37FN4O2/c1-25(2)20-38(33(40)35-31-14-8-7-10-26(31)3)24-32(39)37(22-27-11-5-4-6-12-27)23-30-13-9-19-36(30)21-28-15-17-29(34)18-16-28/h4-19,25H,20-24H2,1-3H3,(H,35,40). The molecule has 4 aromatic rings. The second-order valence-corrected chi connectivity index (χ2v) is 10.5. The van der Waals surface area contributed by atoms with Crippen molar-refractivity contribution >= 4 is 17.6 Å². The van der Waals surface area contributed by atoms with Crippen LogP contribution in [-0.2, 0) is 24.4 Å². The highest BCUT2D eigenvalue weighted by Crippen LogP contribution is 2.17. The summed E-state index contributed by atoms with van der Waals surface area (Å²) in [5.41, 5.74) is 4.61. The maximum atomic E-state index is 13.8. The first-order valence-corrected chi connectivity index (χ1v) is 13.6. The van der Waals surface area contributed by atoms with Crippen LogP contribution in [0.1, 0.15) is 36.2 Å². The Morgan fingerprint density at radius 2 is 1.52 bits per heavy atom. The molecule has 0 atom stereocenters. The molecule has 0 saturated carbocycles. The van der Waals surface area contributed by atoms with E-state index >= 15 is 0 Å². The average Bonchev–Trinajstić information content (AvgIpc) is 3.37. The van der Waals surface area contributed by atoms with Gasteiger partial charge in [0.1, 0.15) is 12.4 Å². The van der Waals surface area contributed by atoms with Gasteiger partial charge < -0.3 is 19.7 Å². The van der Waals surface area contributed by atoms with Crippen molar-refractivity contribution in [1.29, 1.82) is 0 Å². The molecule has 208 valence electrons. The van der Waals surface area contributed by atoms with E-state index in [0.29, 0.717) is 26.2 Å². The minimum absolute atomic E-state index is 0.0403. The van der Waals surface area contributed by atoms with Gasteiger partial charge in [-0.2, -0.15) is 0 Å². The van der Waals surface area contributed by atoms with Gasteiger partial charge in [0.2, 0.25) is 5.91 Å². The van der Waals surface area contributed by atoms with Crippen molar-refractivity contribution in [2.75, 3.05) is 18.4 Å². The lowest BCUT2D eigenvalue weighted by atomic mass is 10.2. The third-order valence-electron chi connectivity index (χ3n) is 6.70. The molecule has 0 spiro atoms. The number of carbonyl (C=O) groups excluding carboxylic acids is 2. The topological polar surface area (TPSA) is 57.6 Å². The van der Waals surface area contributed by atoms with Crippen LogP contribution in [0.2, 0.25) is 0 Å². The van der Waals surface area contributed by atoms with Gasteiger partial charge in [0.05, 0.1) is 6.54 Å². The van der Waals surface area contributed by atoms with Crippen molar-refractivity contribution in [2.24, 2.45) is 5.92 Å². The average molecular weight is 541 g/mol. The molecular weight excluding hydrogens is 503 g/mol. The Labute approximate surface area is 236 Å². The van der Waals surface area contributed by atoms with Crippen molar-refractivity contribution < 1.29 is 14.0 Å². The van der Waals surface area contributed by atoms with Crippen LogP contribution in [0.3, 0.4) is 0 Å². The Morgan fingerprint density at radius 3 is 2.23 bits per heavy atom. The molecule has 3 amide bonds. The molecule has 40 heavy (non-hydrogen) atoms. The van der Waals surface area contributed by atoms with Gasteiger partial charge in [-0.05, 0) is 59.9 Å². The van der Waals surface area contributed by atoms with Crippen molar-refractivity contribution in [3.63, 3.8) is 0 Å². The van der Waals surface area contributed by atoms with Gasteiger partial charge >= 0.3 is 6.03 Å². The maximum Gasteiger partial charge on any atom is 0.322 e. The fourth-order valence-electron chi connectivity index (χ4n) is 4.60. The number of hydrogen-bond donors (Lipinski definition) is 1. The van der Waals surface area contributed by atoms with Gasteiger partial charge in [-0.15, -0.1) is 0 Å². The quantitative estimate of drug-likeness (QED) is 0.230. The number of carbonyl (C=O) groups is 2. The second-order valence-electron chi connectivity index (χ2n) is 10.5. The predicted octanol–water partition coefficient (Wildman–Crippen LogP) is 6.70. The lowest BCUT2D eigenvalue weighted by Gasteiger charge is -2.29. The summed E-state index contributed by atoms with van der Waals surface area (Å²) in [7, 11) is 0. The van der Waals surface area contributed by atoms with Crippen LogP contribution >= 0.6 is 0 Å². The number of aromatic nitrogens is 1. The van der Waals surface area contributed by atoms with Crippen LogP contribution in [-0.4, -0.2) is 39.4 Å². The highest BCUT2D eigenvalue weighted by molar-refractivity contribution is 5.93. The summed E-state index contributed by atoms with van der Waals surface area (Å²) in [5, 5.41) is 2.98. The fourth-order valence-corrected chi connectivity index (χ4v) is 4.60. The largest absolute Gasteiger partial charge is 0.345 e. The highest BCUT2D eigenvalue weighted by atomic mass is 19.1. The van der Waals surface area contributed by atoms with Crippen LogP contribution in [0.25, 0.3) is 0 Å². The highest BCUT2D eigenvalue weighted by Gasteiger charge is 2.24. The van der Waals surface area contributed by atoms with Crippen LogP contribution in [0.5, 0.6) is 0 Å². The Hall–Kier alpha value is -4.39. The molecule has 0 aliphatic rings. The molecule has 0 bridgehead atoms. The first kappa shape index (κ1) is 28.6. The number of halogens is 1. The molecule has 0 saturated heterocycles. The van der Waals surface area contributed by atoms with Gasteiger partial charge in [0.25, 0.3) is 0 Å². The first-order chi connectivity index (χ1) is 19.3. The number of hydrogen-bond acceptors (Lipinski definition) is 2. The molecule has 4 rings (SSSR count). The van der Waals surface area contributed by atoms with Gasteiger partial charge in [-0.3, -0.25) is 4.79 Å². The number of benzene rings is 3. The van der Waals surface area contributed by atoms with E-state index in [4.69, 9.17) is 0 Å². The zero-order chi connectivity index (χ0) is 28.5. The number of amides is 3. The third-order valence-corrected chi connectivity index (χ3v) is 6.70. The molecule has 1 aromatic heterocycles. The molecular formula is C33H37FN4O2. The summed E-state index contributed by atoms with van der Waals surface area (Å²) in [6.45, 7) is 7.76. The maximum absolute atomic E-state index is 13.8. The molecule has 0 radical (unpaired) electrons. The fraction of sp³-hybridized carbons (Fsp3) is 0.273. The third kappa shape index (κ3) is 8.06. The Balaban J connectivity index is 1.54. The van der Waals surface area contributed by atoms with E-state index in [1.54, 1.807) is 21.9 Å². The molecule has 1 N–H and O–H groups in total. The van der Waals surface area contributed by atoms with Gasteiger partial charge in [-0.1, -0.05) is 74.5 Å². The van der Waals surface area contributed by atoms with E-state index < -0.39 is 0 Å². The minimum Gasteiger partial charge on any atom is -0.345 e. The number of aryl methyl sites for hydroxylation is 1. The van der Waals surface area contributed by atoms with E-state index in [1.165, 1.54) is 12.1 Å². The molecule has 0 aliphatic carbocycles.